The van der Waals surface area contributed by atoms with E-state index in [1.165, 1.54) is 12.8 Å². The van der Waals surface area contributed by atoms with Crippen molar-refractivity contribution >= 4 is 5.91 Å². The second-order valence-electron chi connectivity index (χ2n) is 5.62. The van der Waals surface area contributed by atoms with Crippen molar-refractivity contribution in [3.05, 3.63) is 0 Å². The van der Waals surface area contributed by atoms with Gasteiger partial charge in [-0.1, -0.05) is 13.3 Å². The number of hydrogen-bond donors (Lipinski definition) is 2. The van der Waals surface area contributed by atoms with Gasteiger partial charge in [-0.05, 0) is 39.8 Å². The molecule has 1 aliphatic rings. The van der Waals surface area contributed by atoms with Gasteiger partial charge in [0.25, 0.3) is 0 Å². The molecule has 1 aliphatic heterocycles. The summed E-state index contributed by atoms with van der Waals surface area (Å²) >= 11 is 0. The van der Waals surface area contributed by atoms with E-state index in [0.29, 0.717) is 12.5 Å². The van der Waals surface area contributed by atoms with Gasteiger partial charge in [-0.3, -0.25) is 4.79 Å². The van der Waals surface area contributed by atoms with Crippen LogP contribution in [-0.4, -0.2) is 49.6 Å². The van der Waals surface area contributed by atoms with Gasteiger partial charge in [0.05, 0.1) is 0 Å². The number of likely N-dealkylation sites (tertiary alicyclic amines) is 1. The van der Waals surface area contributed by atoms with E-state index in [0.717, 1.165) is 25.6 Å². The molecule has 2 unspecified atom stereocenters. The molecule has 1 rings (SSSR count). The van der Waals surface area contributed by atoms with E-state index in [-0.39, 0.29) is 11.9 Å². The van der Waals surface area contributed by atoms with Gasteiger partial charge in [0.2, 0.25) is 5.91 Å². The monoisotopic (exact) mass is 255 g/mol. The van der Waals surface area contributed by atoms with Crippen LogP contribution >= 0.6 is 0 Å². The summed E-state index contributed by atoms with van der Waals surface area (Å²) in [5, 5.41) is 6.36. The van der Waals surface area contributed by atoms with Crippen molar-refractivity contribution in [1.29, 1.82) is 0 Å². The van der Waals surface area contributed by atoms with E-state index < -0.39 is 0 Å². The Hall–Kier alpha value is -0.610. The molecule has 0 aromatic rings. The Morgan fingerprint density at radius 3 is 2.72 bits per heavy atom. The predicted octanol–water partition coefficient (Wildman–Crippen LogP) is 1.22. The first kappa shape index (κ1) is 15.4. The summed E-state index contributed by atoms with van der Waals surface area (Å²) in [7, 11) is 2.05. The Bertz CT molecular complexity index is 255. The van der Waals surface area contributed by atoms with Gasteiger partial charge in [0.1, 0.15) is 0 Å². The lowest BCUT2D eigenvalue weighted by atomic mass is 9.90. The molecule has 1 amide bonds. The van der Waals surface area contributed by atoms with Gasteiger partial charge in [0.15, 0.2) is 0 Å². The molecule has 0 spiro atoms. The molecular formula is C14H29N3O. The van der Waals surface area contributed by atoms with Crippen LogP contribution in [0.2, 0.25) is 0 Å². The average Bonchev–Trinajstić information content (AvgIpc) is 2.35. The minimum atomic E-state index is 0.175. The van der Waals surface area contributed by atoms with Crippen LogP contribution < -0.4 is 10.6 Å². The molecule has 0 bridgehead atoms. The van der Waals surface area contributed by atoms with Gasteiger partial charge >= 0.3 is 0 Å². The van der Waals surface area contributed by atoms with Crippen molar-refractivity contribution in [3.8, 4) is 0 Å². The summed E-state index contributed by atoms with van der Waals surface area (Å²) in [6.45, 7) is 9.39. The lowest BCUT2D eigenvalue weighted by Gasteiger charge is -2.38. The standard InChI is InChI=1S/C14H29N3O/c1-5-12-10-17(8-6-13(12)15-4)9-7-14(18)16-11(2)3/h11-13,15H,5-10H2,1-4H3,(H,16,18). The largest absolute Gasteiger partial charge is 0.354 e. The maximum atomic E-state index is 11.6. The van der Waals surface area contributed by atoms with Crippen LogP contribution in [0.1, 0.15) is 40.0 Å². The molecule has 18 heavy (non-hydrogen) atoms. The maximum absolute atomic E-state index is 11.6. The SMILES string of the molecule is CCC1CN(CCC(=O)NC(C)C)CCC1NC. The lowest BCUT2D eigenvalue weighted by molar-refractivity contribution is -0.122. The van der Waals surface area contributed by atoms with E-state index in [4.69, 9.17) is 0 Å². The Morgan fingerprint density at radius 2 is 2.17 bits per heavy atom. The third kappa shape index (κ3) is 4.94. The van der Waals surface area contributed by atoms with Crippen molar-refractivity contribution in [2.45, 2.75) is 52.1 Å². The minimum absolute atomic E-state index is 0.175. The van der Waals surface area contributed by atoms with Crippen LogP contribution in [0.3, 0.4) is 0 Å². The summed E-state index contributed by atoms with van der Waals surface area (Å²) in [5.41, 5.74) is 0. The Labute approximate surface area is 111 Å². The van der Waals surface area contributed by atoms with Crippen LogP contribution in [0.15, 0.2) is 0 Å². The molecule has 0 radical (unpaired) electrons. The summed E-state index contributed by atoms with van der Waals surface area (Å²) in [6.07, 6.45) is 3.03. The average molecular weight is 255 g/mol. The molecule has 0 saturated carbocycles. The van der Waals surface area contributed by atoms with E-state index in [9.17, 15) is 4.79 Å². The molecule has 1 saturated heterocycles. The highest BCUT2D eigenvalue weighted by molar-refractivity contribution is 5.76. The molecule has 0 aliphatic carbocycles. The number of piperidine rings is 1. The van der Waals surface area contributed by atoms with Crippen LogP contribution in [0.5, 0.6) is 0 Å². The van der Waals surface area contributed by atoms with Gasteiger partial charge in [-0.15, -0.1) is 0 Å². The molecule has 2 N–H and O–H groups in total. The molecular weight excluding hydrogens is 226 g/mol. The third-order valence-corrected chi connectivity index (χ3v) is 3.82. The normalized spacial score (nSPS) is 25.4. The molecule has 2 atom stereocenters. The van der Waals surface area contributed by atoms with Crippen molar-refractivity contribution < 1.29 is 4.79 Å². The summed E-state index contributed by atoms with van der Waals surface area (Å²) in [4.78, 5) is 14.1. The Balaban J connectivity index is 2.30. The maximum Gasteiger partial charge on any atom is 0.221 e. The predicted molar refractivity (Wildman–Crippen MR) is 75.6 cm³/mol. The second-order valence-corrected chi connectivity index (χ2v) is 5.62. The highest BCUT2D eigenvalue weighted by atomic mass is 16.1. The first-order chi connectivity index (χ1) is 8.56. The quantitative estimate of drug-likeness (QED) is 0.750. The zero-order valence-corrected chi connectivity index (χ0v) is 12.3. The first-order valence-corrected chi connectivity index (χ1v) is 7.25. The number of carbonyl (C=O) groups is 1. The van der Waals surface area contributed by atoms with Crippen LogP contribution in [0, 0.1) is 5.92 Å². The van der Waals surface area contributed by atoms with Crippen molar-refractivity contribution in [3.63, 3.8) is 0 Å². The smallest absolute Gasteiger partial charge is 0.221 e. The molecule has 106 valence electrons. The van der Waals surface area contributed by atoms with Gasteiger partial charge in [-0.2, -0.15) is 0 Å². The highest BCUT2D eigenvalue weighted by Crippen LogP contribution is 2.19. The van der Waals surface area contributed by atoms with Gasteiger partial charge < -0.3 is 15.5 Å². The van der Waals surface area contributed by atoms with Crippen molar-refractivity contribution in [1.82, 2.24) is 15.5 Å². The molecule has 0 aromatic heterocycles. The summed E-state index contributed by atoms with van der Waals surface area (Å²) < 4.78 is 0. The second kappa shape index (κ2) is 7.74. The van der Waals surface area contributed by atoms with Crippen molar-refractivity contribution in [2.24, 2.45) is 5.92 Å². The Morgan fingerprint density at radius 1 is 1.44 bits per heavy atom. The Kier molecular flexibility index (Phi) is 6.65. The number of rotatable bonds is 6. The molecule has 1 heterocycles. The van der Waals surface area contributed by atoms with E-state index in [1.807, 2.05) is 13.8 Å². The van der Waals surface area contributed by atoms with Crippen LogP contribution in [0.4, 0.5) is 0 Å². The highest BCUT2D eigenvalue weighted by Gasteiger charge is 2.26. The summed E-state index contributed by atoms with van der Waals surface area (Å²) in [6, 6.07) is 0.895. The lowest BCUT2D eigenvalue weighted by Crippen LogP contribution is -2.48. The molecule has 4 heteroatoms. The molecule has 4 nitrogen and oxygen atoms in total. The fourth-order valence-electron chi connectivity index (χ4n) is 2.76. The topological polar surface area (TPSA) is 44.4 Å². The zero-order chi connectivity index (χ0) is 13.5. The number of nitrogens with one attached hydrogen (secondary N) is 2. The van der Waals surface area contributed by atoms with E-state index >= 15 is 0 Å². The number of hydrogen-bond acceptors (Lipinski definition) is 3. The number of nitrogens with zero attached hydrogens (tertiary/aromatic N) is 1. The number of carbonyl (C=O) groups excluding carboxylic acids is 1. The zero-order valence-electron chi connectivity index (χ0n) is 12.3. The van der Waals surface area contributed by atoms with Gasteiger partial charge in [0, 0.05) is 31.6 Å². The minimum Gasteiger partial charge on any atom is -0.354 e. The number of amides is 1. The molecule has 1 fully saturated rings. The van der Waals surface area contributed by atoms with Crippen molar-refractivity contribution in [2.75, 3.05) is 26.7 Å². The fourth-order valence-corrected chi connectivity index (χ4v) is 2.76. The molecule has 0 aromatic carbocycles. The van der Waals surface area contributed by atoms with E-state index in [2.05, 4.69) is 29.5 Å². The summed E-state index contributed by atoms with van der Waals surface area (Å²) in [5.74, 6) is 0.894. The van der Waals surface area contributed by atoms with Crippen LogP contribution in [-0.2, 0) is 4.79 Å². The fraction of sp³-hybridized carbons (Fsp3) is 0.929. The van der Waals surface area contributed by atoms with E-state index in [1.54, 1.807) is 0 Å². The first-order valence-electron chi connectivity index (χ1n) is 7.25. The third-order valence-electron chi connectivity index (χ3n) is 3.82. The van der Waals surface area contributed by atoms with Crippen LogP contribution in [0.25, 0.3) is 0 Å². The van der Waals surface area contributed by atoms with Gasteiger partial charge in [-0.25, -0.2) is 0 Å².